The Labute approximate surface area is 131 Å². The van der Waals surface area contributed by atoms with E-state index in [1.165, 1.54) is 11.1 Å². The van der Waals surface area contributed by atoms with Crippen LogP contribution in [0.2, 0.25) is 0 Å². The lowest BCUT2D eigenvalue weighted by Crippen LogP contribution is -2.28. The molecular weight excluding hydrogens is 280 g/mol. The molecule has 21 heavy (non-hydrogen) atoms. The number of ether oxygens (including phenoxy) is 1. The van der Waals surface area contributed by atoms with Crippen molar-refractivity contribution in [2.45, 2.75) is 53.2 Å². The minimum absolute atomic E-state index is 0.346. The van der Waals surface area contributed by atoms with Crippen molar-refractivity contribution in [3.8, 4) is 5.75 Å². The Balaban J connectivity index is 2.15. The number of rotatable bonds is 5. The topological polar surface area (TPSA) is 48.1 Å². The van der Waals surface area contributed by atoms with E-state index >= 15 is 0 Å². The Kier molecular flexibility index (Phi) is 4.69. The first-order chi connectivity index (χ1) is 9.79. The summed E-state index contributed by atoms with van der Waals surface area (Å²) in [7, 11) is 0. The van der Waals surface area contributed by atoms with Crippen molar-refractivity contribution < 1.29 is 4.74 Å². The average Bonchev–Trinajstić information content (AvgIpc) is 2.78. The molecule has 0 aliphatic carbocycles. The highest BCUT2D eigenvalue weighted by Gasteiger charge is 2.22. The third-order valence-electron chi connectivity index (χ3n) is 3.22. The van der Waals surface area contributed by atoms with Crippen LogP contribution in [0.1, 0.15) is 47.5 Å². The summed E-state index contributed by atoms with van der Waals surface area (Å²) in [6, 6.07) is 6.24. The Morgan fingerprint density at radius 2 is 1.81 bits per heavy atom. The molecule has 0 bridgehead atoms. The SMILES string of the molecule is CCc1nc(COc2cc(C)cc(C)c2)sc1C(C)(C)N. The van der Waals surface area contributed by atoms with Gasteiger partial charge in [0.15, 0.2) is 0 Å². The molecule has 0 saturated carbocycles. The first-order valence-electron chi connectivity index (χ1n) is 7.28. The standard InChI is InChI=1S/C17H24N2OS/c1-6-14-16(17(4,5)18)21-15(19-14)10-20-13-8-11(2)7-12(3)9-13/h7-9H,6,10,18H2,1-5H3. The second kappa shape index (κ2) is 6.16. The maximum Gasteiger partial charge on any atom is 0.140 e. The largest absolute Gasteiger partial charge is 0.486 e. The van der Waals surface area contributed by atoms with Crippen LogP contribution in [0.25, 0.3) is 0 Å². The third kappa shape index (κ3) is 4.05. The summed E-state index contributed by atoms with van der Waals surface area (Å²) >= 11 is 1.66. The molecular formula is C17H24N2OS. The monoisotopic (exact) mass is 304 g/mol. The lowest BCUT2D eigenvalue weighted by atomic mass is 10.0. The van der Waals surface area contributed by atoms with E-state index in [2.05, 4.69) is 44.0 Å². The average molecular weight is 304 g/mol. The van der Waals surface area contributed by atoms with Crippen LogP contribution < -0.4 is 10.5 Å². The molecule has 0 spiro atoms. The number of nitrogens with two attached hydrogens (primary N) is 1. The van der Waals surface area contributed by atoms with Gasteiger partial charge < -0.3 is 10.5 Å². The molecule has 2 aromatic rings. The van der Waals surface area contributed by atoms with E-state index in [9.17, 15) is 0 Å². The summed E-state index contributed by atoms with van der Waals surface area (Å²) in [5, 5.41) is 0.986. The van der Waals surface area contributed by atoms with E-state index in [4.69, 9.17) is 10.5 Å². The molecule has 4 heteroatoms. The fraction of sp³-hybridized carbons (Fsp3) is 0.471. The number of benzene rings is 1. The number of thiazole rings is 1. The molecule has 2 N–H and O–H groups in total. The summed E-state index contributed by atoms with van der Waals surface area (Å²) < 4.78 is 5.89. The fourth-order valence-corrected chi connectivity index (χ4v) is 3.45. The van der Waals surface area contributed by atoms with Crippen molar-refractivity contribution in [3.05, 3.63) is 44.9 Å². The zero-order valence-corrected chi connectivity index (χ0v) is 14.3. The molecule has 1 aromatic heterocycles. The van der Waals surface area contributed by atoms with Gasteiger partial charge in [-0.3, -0.25) is 0 Å². The first-order valence-corrected chi connectivity index (χ1v) is 8.10. The molecule has 3 nitrogen and oxygen atoms in total. The van der Waals surface area contributed by atoms with Gasteiger partial charge in [0.25, 0.3) is 0 Å². The first kappa shape index (κ1) is 16.0. The van der Waals surface area contributed by atoms with Gasteiger partial charge in [0.1, 0.15) is 17.4 Å². The Hall–Kier alpha value is -1.39. The lowest BCUT2D eigenvalue weighted by molar-refractivity contribution is 0.305. The Bertz CT molecular complexity index is 606. The summed E-state index contributed by atoms with van der Waals surface area (Å²) in [6.45, 7) is 10.8. The molecule has 114 valence electrons. The van der Waals surface area contributed by atoms with Gasteiger partial charge >= 0.3 is 0 Å². The molecule has 1 aromatic carbocycles. The summed E-state index contributed by atoms with van der Waals surface area (Å²) in [5.74, 6) is 0.898. The number of aromatic nitrogens is 1. The van der Waals surface area contributed by atoms with Crippen LogP contribution in [0.3, 0.4) is 0 Å². The number of hydrogen-bond donors (Lipinski definition) is 1. The van der Waals surface area contributed by atoms with Gasteiger partial charge in [-0.25, -0.2) is 4.98 Å². The van der Waals surface area contributed by atoms with Crippen molar-refractivity contribution in [3.63, 3.8) is 0 Å². The van der Waals surface area contributed by atoms with Crippen LogP contribution in [-0.4, -0.2) is 4.98 Å². The highest BCUT2D eigenvalue weighted by atomic mass is 32.1. The number of hydrogen-bond acceptors (Lipinski definition) is 4. The molecule has 0 aliphatic heterocycles. The van der Waals surface area contributed by atoms with Crippen LogP contribution in [0.4, 0.5) is 0 Å². The normalized spacial score (nSPS) is 11.7. The van der Waals surface area contributed by atoms with Crippen LogP contribution >= 0.6 is 11.3 Å². The van der Waals surface area contributed by atoms with Gasteiger partial charge in [-0.15, -0.1) is 11.3 Å². The third-order valence-corrected chi connectivity index (χ3v) is 4.63. The van der Waals surface area contributed by atoms with Crippen molar-refractivity contribution in [1.82, 2.24) is 4.98 Å². The van der Waals surface area contributed by atoms with Crippen LogP contribution in [0.5, 0.6) is 5.75 Å². The molecule has 0 unspecified atom stereocenters. The van der Waals surface area contributed by atoms with Crippen molar-refractivity contribution in [1.29, 1.82) is 0 Å². The molecule has 2 rings (SSSR count). The van der Waals surface area contributed by atoms with Crippen molar-refractivity contribution in [2.75, 3.05) is 0 Å². The molecule has 0 aliphatic rings. The van der Waals surface area contributed by atoms with Crippen molar-refractivity contribution >= 4 is 11.3 Å². The molecule has 0 saturated heterocycles. The highest BCUT2D eigenvalue weighted by Crippen LogP contribution is 2.29. The van der Waals surface area contributed by atoms with E-state index < -0.39 is 0 Å². The van der Waals surface area contributed by atoms with Gasteiger partial charge in [-0.1, -0.05) is 13.0 Å². The Morgan fingerprint density at radius 1 is 1.19 bits per heavy atom. The van der Waals surface area contributed by atoms with E-state index in [0.29, 0.717) is 6.61 Å². The predicted molar refractivity (Wildman–Crippen MR) is 89.0 cm³/mol. The zero-order chi connectivity index (χ0) is 15.6. The van der Waals surface area contributed by atoms with Gasteiger partial charge in [0.05, 0.1) is 5.69 Å². The lowest BCUT2D eigenvalue weighted by Gasteiger charge is -2.17. The zero-order valence-electron chi connectivity index (χ0n) is 13.5. The minimum atomic E-state index is -0.346. The summed E-state index contributed by atoms with van der Waals surface area (Å²) in [5.41, 5.74) is 9.39. The Morgan fingerprint density at radius 3 is 2.29 bits per heavy atom. The quantitative estimate of drug-likeness (QED) is 0.905. The minimum Gasteiger partial charge on any atom is -0.486 e. The summed E-state index contributed by atoms with van der Waals surface area (Å²) in [6.07, 6.45) is 0.899. The van der Waals surface area contributed by atoms with Gasteiger partial charge in [0.2, 0.25) is 0 Å². The predicted octanol–water partition coefficient (Wildman–Crippen LogP) is 4.10. The van der Waals surface area contributed by atoms with E-state index in [1.807, 2.05) is 13.8 Å². The van der Waals surface area contributed by atoms with Crippen molar-refractivity contribution in [2.24, 2.45) is 5.73 Å². The maximum atomic E-state index is 6.22. The van der Waals surface area contributed by atoms with Crippen LogP contribution in [-0.2, 0) is 18.6 Å². The molecule has 0 radical (unpaired) electrons. The maximum absolute atomic E-state index is 6.22. The fourth-order valence-electron chi connectivity index (χ4n) is 2.37. The molecule has 0 fully saturated rings. The van der Waals surface area contributed by atoms with E-state index in [0.717, 1.165) is 27.7 Å². The van der Waals surface area contributed by atoms with Gasteiger partial charge in [0, 0.05) is 10.4 Å². The molecule has 0 atom stereocenters. The van der Waals surface area contributed by atoms with Gasteiger partial charge in [-0.2, -0.15) is 0 Å². The van der Waals surface area contributed by atoms with E-state index in [-0.39, 0.29) is 5.54 Å². The molecule has 0 amide bonds. The second-order valence-electron chi connectivity index (χ2n) is 6.07. The van der Waals surface area contributed by atoms with Crippen LogP contribution in [0.15, 0.2) is 18.2 Å². The van der Waals surface area contributed by atoms with Crippen LogP contribution in [0, 0.1) is 13.8 Å². The number of nitrogens with zero attached hydrogens (tertiary/aromatic N) is 1. The number of aryl methyl sites for hydroxylation is 3. The van der Waals surface area contributed by atoms with E-state index in [1.54, 1.807) is 11.3 Å². The molecule has 1 heterocycles. The smallest absolute Gasteiger partial charge is 0.140 e. The second-order valence-corrected chi connectivity index (χ2v) is 7.15. The summed E-state index contributed by atoms with van der Waals surface area (Å²) in [4.78, 5) is 5.83. The van der Waals surface area contributed by atoms with Gasteiger partial charge in [-0.05, 0) is 57.4 Å². The highest BCUT2D eigenvalue weighted by molar-refractivity contribution is 7.11.